The van der Waals surface area contributed by atoms with E-state index in [1.807, 2.05) is 41.8 Å². The number of hydrogen-bond donors (Lipinski definition) is 1. The number of fused-ring (bicyclic) bond motifs is 2. The van der Waals surface area contributed by atoms with Gasteiger partial charge in [-0.3, -0.25) is 0 Å². The maximum atomic E-state index is 9.31. The fourth-order valence-electron chi connectivity index (χ4n) is 3.81. The van der Waals surface area contributed by atoms with Crippen molar-refractivity contribution < 1.29 is 24.1 Å². The molecule has 5 rings (SSSR count). The van der Waals surface area contributed by atoms with Crippen molar-refractivity contribution in [2.45, 2.75) is 26.2 Å². The van der Waals surface area contributed by atoms with Crippen molar-refractivity contribution in [2.24, 2.45) is 0 Å². The maximum absolute atomic E-state index is 9.31. The summed E-state index contributed by atoms with van der Waals surface area (Å²) in [5, 5.41) is 9.31. The Bertz CT molecular complexity index is 1250. The Morgan fingerprint density at radius 1 is 1.12 bits per heavy atom. The molecule has 0 radical (unpaired) electrons. The molecule has 1 aliphatic rings. The fourth-order valence-corrected chi connectivity index (χ4v) is 3.81. The Morgan fingerprint density at radius 3 is 2.79 bits per heavy atom. The number of benzene rings is 1. The zero-order valence-electron chi connectivity index (χ0n) is 18.4. The SMILES string of the molecule is CCOc1ccc(C2COc3cc(Cn4cnc5cc(CO)cnc54)cc(OC)c3O2)cn1. The number of rotatable bonds is 7. The van der Waals surface area contributed by atoms with Crippen molar-refractivity contribution in [2.75, 3.05) is 20.3 Å². The largest absolute Gasteiger partial charge is 0.493 e. The van der Waals surface area contributed by atoms with Gasteiger partial charge < -0.3 is 28.6 Å². The fraction of sp³-hybridized carbons (Fsp3) is 0.292. The highest BCUT2D eigenvalue weighted by molar-refractivity contribution is 5.71. The molecule has 0 amide bonds. The molecule has 33 heavy (non-hydrogen) atoms. The summed E-state index contributed by atoms with van der Waals surface area (Å²) in [6, 6.07) is 9.45. The molecule has 9 nitrogen and oxygen atoms in total. The highest BCUT2D eigenvalue weighted by Crippen LogP contribution is 2.44. The molecule has 0 saturated carbocycles. The van der Waals surface area contributed by atoms with E-state index >= 15 is 0 Å². The van der Waals surface area contributed by atoms with Gasteiger partial charge in [-0.2, -0.15) is 0 Å². The number of aromatic nitrogens is 4. The van der Waals surface area contributed by atoms with E-state index in [2.05, 4.69) is 15.0 Å². The number of nitrogens with zero attached hydrogens (tertiary/aromatic N) is 4. The van der Waals surface area contributed by atoms with Gasteiger partial charge in [-0.15, -0.1) is 0 Å². The lowest BCUT2D eigenvalue weighted by atomic mass is 10.1. The van der Waals surface area contributed by atoms with Crippen LogP contribution in [0.3, 0.4) is 0 Å². The van der Waals surface area contributed by atoms with E-state index in [0.29, 0.717) is 42.9 Å². The molecule has 170 valence electrons. The van der Waals surface area contributed by atoms with Crippen LogP contribution in [0.1, 0.15) is 29.7 Å². The van der Waals surface area contributed by atoms with Gasteiger partial charge >= 0.3 is 0 Å². The summed E-state index contributed by atoms with van der Waals surface area (Å²) < 4.78 is 25.3. The smallest absolute Gasteiger partial charge is 0.213 e. The summed E-state index contributed by atoms with van der Waals surface area (Å²) in [4.78, 5) is 13.2. The van der Waals surface area contributed by atoms with Crippen molar-refractivity contribution >= 4 is 11.2 Å². The van der Waals surface area contributed by atoms with Gasteiger partial charge in [0.15, 0.2) is 23.3 Å². The minimum absolute atomic E-state index is 0.0666. The predicted octanol–water partition coefficient (Wildman–Crippen LogP) is 3.29. The van der Waals surface area contributed by atoms with Crippen LogP contribution in [0.5, 0.6) is 23.1 Å². The quantitative estimate of drug-likeness (QED) is 0.460. The minimum atomic E-state index is -0.303. The van der Waals surface area contributed by atoms with Crippen LogP contribution in [0.25, 0.3) is 11.2 Å². The van der Waals surface area contributed by atoms with Gasteiger partial charge in [0.05, 0.1) is 33.2 Å². The zero-order chi connectivity index (χ0) is 22.8. The molecule has 0 aliphatic carbocycles. The molecular formula is C24H24N4O5. The van der Waals surface area contributed by atoms with Gasteiger partial charge in [-0.05, 0) is 42.3 Å². The molecule has 9 heteroatoms. The number of imidazole rings is 1. The van der Waals surface area contributed by atoms with E-state index in [4.69, 9.17) is 18.9 Å². The van der Waals surface area contributed by atoms with Crippen LogP contribution in [0.4, 0.5) is 0 Å². The lowest BCUT2D eigenvalue weighted by Crippen LogP contribution is -2.22. The normalized spacial score (nSPS) is 14.9. The number of ether oxygens (including phenoxy) is 4. The second-order valence-electron chi connectivity index (χ2n) is 7.62. The molecular weight excluding hydrogens is 424 g/mol. The third-order valence-electron chi connectivity index (χ3n) is 5.42. The van der Waals surface area contributed by atoms with Crippen molar-refractivity contribution in [1.29, 1.82) is 0 Å². The van der Waals surface area contributed by atoms with Crippen LogP contribution in [0.15, 0.2) is 49.1 Å². The van der Waals surface area contributed by atoms with Gasteiger partial charge in [-0.1, -0.05) is 0 Å². The molecule has 3 aromatic heterocycles. The molecule has 1 N–H and O–H groups in total. The van der Waals surface area contributed by atoms with Crippen molar-refractivity contribution in [3.63, 3.8) is 0 Å². The minimum Gasteiger partial charge on any atom is -0.493 e. The first-order valence-corrected chi connectivity index (χ1v) is 10.7. The summed E-state index contributed by atoms with van der Waals surface area (Å²) in [7, 11) is 1.61. The second-order valence-corrected chi connectivity index (χ2v) is 7.62. The van der Waals surface area contributed by atoms with Crippen molar-refractivity contribution in [3.05, 3.63) is 65.7 Å². The number of aliphatic hydroxyl groups excluding tert-OH is 1. The summed E-state index contributed by atoms with van der Waals surface area (Å²) in [6.45, 7) is 3.31. The van der Waals surface area contributed by atoms with Crippen LogP contribution >= 0.6 is 0 Å². The van der Waals surface area contributed by atoms with E-state index in [1.54, 1.807) is 25.8 Å². The highest BCUT2D eigenvalue weighted by atomic mass is 16.6. The molecule has 1 aliphatic heterocycles. The maximum Gasteiger partial charge on any atom is 0.213 e. The molecule has 4 aromatic rings. The van der Waals surface area contributed by atoms with Gasteiger partial charge in [0.2, 0.25) is 11.6 Å². The Kier molecular flexibility index (Phi) is 5.70. The summed E-state index contributed by atoms with van der Waals surface area (Å²) in [6.07, 6.45) is 4.82. The van der Waals surface area contributed by atoms with Gasteiger partial charge in [0.1, 0.15) is 12.1 Å². The standard InChI is InChI=1S/C24H24N4O5/c1-3-31-22-5-4-17(10-25-22)21-13-32-20-8-15(7-19(30-2)23(20)33-21)11-28-14-27-18-6-16(12-29)9-26-24(18)28/h4-10,14,21,29H,3,11-13H2,1-2H3. The number of hydrogen-bond acceptors (Lipinski definition) is 8. The van der Waals surface area contributed by atoms with E-state index < -0.39 is 0 Å². The number of aliphatic hydroxyl groups is 1. The topological polar surface area (TPSA) is 101 Å². The average Bonchev–Trinajstić information content (AvgIpc) is 3.25. The first-order chi connectivity index (χ1) is 16.2. The van der Waals surface area contributed by atoms with E-state index in [-0.39, 0.29) is 12.7 Å². The second kappa shape index (κ2) is 8.95. The Morgan fingerprint density at radius 2 is 2.03 bits per heavy atom. The third kappa shape index (κ3) is 4.14. The molecule has 0 bridgehead atoms. The van der Waals surface area contributed by atoms with Gasteiger partial charge in [0, 0.05) is 24.0 Å². The van der Waals surface area contributed by atoms with Crippen LogP contribution in [0.2, 0.25) is 0 Å². The average molecular weight is 448 g/mol. The Hall–Kier alpha value is -3.85. The Labute approximate surface area is 190 Å². The van der Waals surface area contributed by atoms with Crippen LogP contribution in [-0.2, 0) is 13.2 Å². The molecule has 1 aromatic carbocycles. The molecule has 1 atom stereocenters. The van der Waals surface area contributed by atoms with Crippen molar-refractivity contribution in [3.8, 4) is 23.1 Å². The lowest BCUT2D eigenvalue weighted by Gasteiger charge is -2.28. The molecule has 0 saturated heterocycles. The highest BCUT2D eigenvalue weighted by Gasteiger charge is 2.27. The monoisotopic (exact) mass is 448 g/mol. The van der Waals surface area contributed by atoms with Crippen LogP contribution in [0, 0.1) is 0 Å². The molecule has 1 unspecified atom stereocenters. The zero-order valence-corrected chi connectivity index (χ0v) is 18.4. The summed E-state index contributed by atoms with van der Waals surface area (Å²) >= 11 is 0. The predicted molar refractivity (Wildman–Crippen MR) is 120 cm³/mol. The van der Waals surface area contributed by atoms with Gasteiger partial charge in [-0.25, -0.2) is 15.0 Å². The van der Waals surface area contributed by atoms with Crippen LogP contribution in [-0.4, -0.2) is 44.9 Å². The summed E-state index contributed by atoms with van der Waals surface area (Å²) in [5.74, 6) is 2.35. The first kappa shape index (κ1) is 21.0. The van der Waals surface area contributed by atoms with Crippen molar-refractivity contribution in [1.82, 2.24) is 19.5 Å². The van der Waals surface area contributed by atoms with E-state index in [9.17, 15) is 5.11 Å². The third-order valence-corrected chi connectivity index (χ3v) is 5.42. The molecule has 4 heterocycles. The number of pyridine rings is 2. The first-order valence-electron chi connectivity index (χ1n) is 10.7. The molecule has 0 fully saturated rings. The Balaban J connectivity index is 1.39. The van der Waals surface area contributed by atoms with Crippen LogP contribution < -0.4 is 18.9 Å². The van der Waals surface area contributed by atoms with E-state index in [0.717, 1.165) is 27.9 Å². The molecule has 0 spiro atoms. The lowest BCUT2D eigenvalue weighted by molar-refractivity contribution is 0.0866. The number of methoxy groups -OCH3 is 1. The summed E-state index contributed by atoms with van der Waals surface area (Å²) in [5.41, 5.74) is 4.06. The van der Waals surface area contributed by atoms with E-state index in [1.165, 1.54) is 0 Å². The van der Waals surface area contributed by atoms with Gasteiger partial charge in [0.25, 0.3) is 0 Å².